The first-order valence-electron chi connectivity index (χ1n) is 8.49. The van der Waals surface area contributed by atoms with Crippen molar-refractivity contribution in [2.24, 2.45) is 5.92 Å². The summed E-state index contributed by atoms with van der Waals surface area (Å²) in [4.78, 5) is 5.32. The van der Waals surface area contributed by atoms with Gasteiger partial charge < -0.3 is 10.2 Å². The van der Waals surface area contributed by atoms with Crippen molar-refractivity contribution in [2.45, 2.75) is 57.0 Å². The van der Waals surface area contributed by atoms with Crippen LogP contribution in [-0.2, 0) is 0 Å². The minimum atomic E-state index is 0.779. The first-order valence-corrected chi connectivity index (χ1v) is 8.49. The van der Waals surface area contributed by atoms with Crippen molar-refractivity contribution in [1.82, 2.24) is 15.1 Å². The molecule has 2 saturated heterocycles. The van der Waals surface area contributed by atoms with Gasteiger partial charge in [-0.3, -0.25) is 4.90 Å². The van der Waals surface area contributed by atoms with Crippen molar-refractivity contribution in [2.75, 3.05) is 39.8 Å². The Kier molecular flexibility index (Phi) is 4.78. The Hall–Kier alpha value is -0.120. The number of piperazine rings is 1. The molecule has 0 aromatic heterocycles. The van der Waals surface area contributed by atoms with Crippen LogP contribution in [0.15, 0.2) is 0 Å². The molecule has 0 aromatic carbocycles. The molecule has 0 amide bonds. The van der Waals surface area contributed by atoms with Crippen LogP contribution in [0.2, 0.25) is 0 Å². The molecule has 3 nitrogen and oxygen atoms in total. The Morgan fingerprint density at radius 3 is 2.53 bits per heavy atom. The van der Waals surface area contributed by atoms with Gasteiger partial charge in [0.15, 0.2) is 0 Å². The van der Waals surface area contributed by atoms with Crippen molar-refractivity contribution in [3.05, 3.63) is 0 Å². The topological polar surface area (TPSA) is 18.5 Å². The van der Waals surface area contributed by atoms with Gasteiger partial charge in [0, 0.05) is 38.3 Å². The molecule has 3 rings (SSSR count). The third-order valence-electron chi connectivity index (χ3n) is 5.57. The van der Waals surface area contributed by atoms with E-state index in [4.69, 9.17) is 0 Å². The highest BCUT2D eigenvalue weighted by Crippen LogP contribution is 2.28. The molecule has 2 atom stereocenters. The summed E-state index contributed by atoms with van der Waals surface area (Å²) in [5.74, 6) is 0.956. The maximum Gasteiger partial charge on any atom is 0.0224 e. The Bertz CT molecular complexity index is 275. The highest BCUT2D eigenvalue weighted by molar-refractivity contribution is 4.90. The van der Waals surface area contributed by atoms with Crippen molar-refractivity contribution in [3.63, 3.8) is 0 Å². The van der Waals surface area contributed by atoms with E-state index in [-0.39, 0.29) is 0 Å². The highest BCUT2D eigenvalue weighted by Gasteiger charge is 2.32. The quantitative estimate of drug-likeness (QED) is 0.823. The summed E-state index contributed by atoms with van der Waals surface area (Å²) >= 11 is 0. The number of piperidine rings is 1. The van der Waals surface area contributed by atoms with Crippen molar-refractivity contribution in [1.29, 1.82) is 0 Å². The van der Waals surface area contributed by atoms with Gasteiger partial charge >= 0.3 is 0 Å². The summed E-state index contributed by atoms with van der Waals surface area (Å²) in [5, 5.41) is 3.81. The summed E-state index contributed by atoms with van der Waals surface area (Å²) < 4.78 is 0. The molecule has 1 saturated carbocycles. The molecule has 0 spiro atoms. The molecule has 3 fully saturated rings. The van der Waals surface area contributed by atoms with Crippen LogP contribution >= 0.6 is 0 Å². The van der Waals surface area contributed by atoms with E-state index in [9.17, 15) is 0 Å². The van der Waals surface area contributed by atoms with Crippen LogP contribution in [-0.4, -0.2) is 61.7 Å². The van der Waals surface area contributed by atoms with Crippen LogP contribution in [0.1, 0.15) is 44.9 Å². The number of nitrogens with one attached hydrogen (secondary N) is 1. The average molecular weight is 265 g/mol. The Morgan fingerprint density at radius 1 is 0.895 bits per heavy atom. The number of hydrogen-bond acceptors (Lipinski definition) is 3. The highest BCUT2D eigenvalue weighted by atomic mass is 15.3. The van der Waals surface area contributed by atoms with Gasteiger partial charge in [0.1, 0.15) is 0 Å². The van der Waals surface area contributed by atoms with E-state index in [1.807, 2.05) is 0 Å². The van der Waals surface area contributed by atoms with Gasteiger partial charge in [-0.25, -0.2) is 0 Å². The maximum atomic E-state index is 3.81. The molecule has 2 unspecified atom stereocenters. The second-order valence-electron chi connectivity index (χ2n) is 7.01. The van der Waals surface area contributed by atoms with Crippen LogP contribution in [0.4, 0.5) is 0 Å². The fourth-order valence-electron chi connectivity index (χ4n) is 4.42. The van der Waals surface area contributed by atoms with Crippen LogP contribution < -0.4 is 5.32 Å². The zero-order valence-corrected chi connectivity index (χ0v) is 12.6. The molecule has 0 bridgehead atoms. The van der Waals surface area contributed by atoms with Crippen molar-refractivity contribution in [3.8, 4) is 0 Å². The molecule has 110 valence electrons. The Labute approximate surface area is 118 Å². The van der Waals surface area contributed by atoms with Gasteiger partial charge in [-0.2, -0.15) is 0 Å². The number of likely N-dealkylation sites (tertiary alicyclic amines) is 1. The van der Waals surface area contributed by atoms with Crippen LogP contribution in [0.5, 0.6) is 0 Å². The van der Waals surface area contributed by atoms with E-state index in [1.54, 1.807) is 0 Å². The van der Waals surface area contributed by atoms with Gasteiger partial charge in [0.25, 0.3) is 0 Å². The Balaban J connectivity index is 1.54. The van der Waals surface area contributed by atoms with Gasteiger partial charge in [-0.05, 0) is 45.2 Å². The molecule has 2 heterocycles. The summed E-state index contributed by atoms with van der Waals surface area (Å²) in [5.41, 5.74) is 0. The van der Waals surface area contributed by atoms with E-state index >= 15 is 0 Å². The van der Waals surface area contributed by atoms with E-state index < -0.39 is 0 Å². The lowest BCUT2D eigenvalue weighted by molar-refractivity contribution is 0.0672. The lowest BCUT2D eigenvalue weighted by atomic mass is 9.83. The zero-order chi connectivity index (χ0) is 13.1. The van der Waals surface area contributed by atoms with E-state index in [0.29, 0.717) is 0 Å². The number of hydrogen-bond donors (Lipinski definition) is 1. The molecular formula is C16H31N3. The maximum absolute atomic E-state index is 3.81. The monoisotopic (exact) mass is 265 g/mol. The van der Waals surface area contributed by atoms with Gasteiger partial charge in [-0.1, -0.05) is 19.3 Å². The third kappa shape index (κ3) is 3.50. The first-order chi connectivity index (χ1) is 9.33. The lowest BCUT2D eigenvalue weighted by Gasteiger charge is -2.45. The van der Waals surface area contributed by atoms with Crippen LogP contribution in [0, 0.1) is 5.92 Å². The number of likely N-dealkylation sites (N-methyl/N-ethyl adjacent to an activating group) is 1. The van der Waals surface area contributed by atoms with E-state index in [2.05, 4.69) is 22.2 Å². The number of nitrogens with zero attached hydrogens (tertiary/aromatic N) is 2. The first kappa shape index (κ1) is 13.8. The van der Waals surface area contributed by atoms with Gasteiger partial charge in [0.2, 0.25) is 0 Å². The second kappa shape index (κ2) is 6.55. The standard InChI is InChI=1S/C16H31N3/c1-18-10-5-8-15(12-18)19-11-9-17-16(13-19)14-6-3-2-4-7-14/h14-17H,2-13H2,1H3. The minimum absolute atomic E-state index is 0.779. The van der Waals surface area contributed by atoms with Crippen molar-refractivity contribution < 1.29 is 0 Å². The normalized spacial score (nSPS) is 36.5. The predicted molar refractivity (Wildman–Crippen MR) is 80.5 cm³/mol. The largest absolute Gasteiger partial charge is 0.311 e. The molecule has 0 aromatic rings. The van der Waals surface area contributed by atoms with Gasteiger partial charge in [0.05, 0.1) is 0 Å². The summed E-state index contributed by atoms with van der Waals surface area (Å²) in [7, 11) is 2.28. The summed E-state index contributed by atoms with van der Waals surface area (Å²) in [6, 6.07) is 1.60. The smallest absolute Gasteiger partial charge is 0.0224 e. The zero-order valence-electron chi connectivity index (χ0n) is 12.6. The summed E-state index contributed by atoms with van der Waals surface area (Å²) in [6.45, 7) is 6.37. The molecule has 2 aliphatic heterocycles. The fourth-order valence-corrected chi connectivity index (χ4v) is 4.42. The number of rotatable bonds is 2. The van der Waals surface area contributed by atoms with E-state index in [1.165, 1.54) is 77.7 Å². The Morgan fingerprint density at radius 2 is 1.74 bits per heavy atom. The molecule has 3 heteroatoms. The third-order valence-corrected chi connectivity index (χ3v) is 5.57. The molecule has 0 radical (unpaired) electrons. The lowest BCUT2D eigenvalue weighted by Crippen LogP contribution is -2.59. The second-order valence-corrected chi connectivity index (χ2v) is 7.01. The van der Waals surface area contributed by atoms with E-state index in [0.717, 1.165) is 18.0 Å². The van der Waals surface area contributed by atoms with Crippen LogP contribution in [0.25, 0.3) is 0 Å². The molecule has 1 N–H and O–H groups in total. The molecule has 19 heavy (non-hydrogen) atoms. The predicted octanol–water partition coefficient (Wildman–Crippen LogP) is 1.93. The van der Waals surface area contributed by atoms with Gasteiger partial charge in [-0.15, -0.1) is 0 Å². The minimum Gasteiger partial charge on any atom is -0.311 e. The molecule has 3 aliphatic rings. The van der Waals surface area contributed by atoms with Crippen LogP contribution in [0.3, 0.4) is 0 Å². The molecule has 1 aliphatic carbocycles. The SMILES string of the molecule is CN1CCCC(N2CCNC(C3CCCCC3)C2)C1. The summed E-state index contributed by atoms with van der Waals surface area (Å²) in [6.07, 6.45) is 10.2. The average Bonchev–Trinajstić information content (AvgIpc) is 2.48. The molecular weight excluding hydrogens is 234 g/mol. The fraction of sp³-hybridized carbons (Fsp3) is 1.00. The van der Waals surface area contributed by atoms with Crippen molar-refractivity contribution >= 4 is 0 Å².